The lowest BCUT2D eigenvalue weighted by atomic mass is 10.1. The summed E-state index contributed by atoms with van der Waals surface area (Å²) in [6.07, 6.45) is -4.49. The van der Waals surface area contributed by atoms with Crippen LogP contribution in [0.4, 0.5) is 13.2 Å². The third kappa shape index (κ3) is 5.47. The predicted octanol–water partition coefficient (Wildman–Crippen LogP) is 4.50. The van der Waals surface area contributed by atoms with Gasteiger partial charge in [0.25, 0.3) is 0 Å². The summed E-state index contributed by atoms with van der Waals surface area (Å²) in [5, 5.41) is 4.81. The van der Waals surface area contributed by atoms with E-state index in [2.05, 4.69) is 10.00 Å². The van der Waals surface area contributed by atoms with Crippen LogP contribution in [0.2, 0.25) is 10.0 Å². The third-order valence-corrected chi connectivity index (χ3v) is 5.82. The maximum Gasteiger partial charge on any atom is 0.435 e. The van der Waals surface area contributed by atoms with Gasteiger partial charge in [0.15, 0.2) is 5.69 Å². The Morgan fingerprint density at radius 2 is 1.83 bits per heavy atom. The van der Waals surface area contributed by atoms with Crippen LogP contribution < -0.4 is 0 Å². The van der Waals surface area contributed by atoms with Crippen molar-refractivity contribution in [2.45, 2.75) is 33.1 Å². The lowest BCUT2D eigenvalue weighted by Crippen LogP contribution is -2.50. The first-order chi connectivity index (χ1) is 14.0. The zero-order valence-electron chi connectivity index (χ0n) is 16.7. The first kappa shape index (κ1) is 22.9. The van der Waals surface area contributed by atoms with E-state index in [-0.39, 0.29) is 12.5 Å². The summed E-state index contributed by atoms with van der Waals surface area (Å²) in [5.41, 5.74) is 0.421. The fraction of sp³-hybridized carbons (Fsp3) is 0.500. The molecule has 0 bridgehead atoms. The number of carbonyl (C=O) groups excluding carboxylic acids is 1. The van der Waals surface area contributed by atoms with Crippen molar-refractivity contribution in [1.82, 2.24) is 19.6 Å². The zero-order valence-corrected chi connectivity index (χ0v) is 18.2. The maximum atomic E-state index is 12.8. The van der Waals surface area contributed by atoms with Gasteiger partial charge in [-0.05, 0) is 30.7 Å². The van der Waals surface area contributed by atoms with E-state index in [1.54, 1.807) is 30.9 Å². The summed E-state index contributed by atoms with van der Waals surface area (Å²) in [7, 11) is 0. The molecule has 1 aliphatic rings. The highest BCUT2D eigenvalue weighted by molar-refractivity contribution is 6.35. The fourth-order valence-electron chi connectivity index (χ4n) is 3.50. The second-order valence-corrected chi connectivity index (χ2v) is 8.43. The molecule has 1 aliphatic heterocycles. The number of rotatable bonds is 5. The number of alkyl halides is 3. The van der Waals surface area contributed by atoms with Gasteiger partial charge in [0.1, 0.15) is 0 Å². The van der Waals surface area contributed by atoms with E-state index in [0.717, 1.165) is 11.6 Å². The standard InChI is InChI=1S/C20H23Cl2F3N4O/c1-13(11-29-14(2)9-18(26-29)20(23,24)25)19(30)28-7-5-27(6-8-28)12-15-3-4-16(21)10-17(15)22/h3-4,9-10,13H,5-8,11-12H2,1-2H3. The Morgan fingerprint density at radius 1 is 1.17 bits per heavy atom. The normalized spacial score (nSPS) is 16.7. The van der Waals surface area contributed by atoms with Gasteiger partial charge in [-0.15, -0.1) is 0 Å². The SMILES string of the molecule is Cc1cc(C(F)(F)F)nn1CC(C)C(=O)N1CCN(Cc2ccc(Cl)cc2Cl)CC1. The lowest BCUT2D eigenvalue weighted by Gasteiger charge is -2.36. The molecular weight excluding hydrogens is 440 g/mol. The van der Waals surface area contributed by atoms with E-state index in [1.165, 1.54) is 4.68 Å². The Kier molecular flexibility index (Phi) is 6.99. The summed E-state index contributed by atoms with van der Waals surface area (Å²) < 4.78 is 39.8. The van der Waals surface area contributed by atoms with Crippen molar-refractivity contribution >= 4 is 29.1 Å². The van der Waals surface area contributed by atoms with Crippen LogP contribution in [0.15, 0.2) is 24.3 Å². The van der Waals surface area contributed by atoms with Crippen LogP contribution in [0.25, 0.3) is 0 Å². The van der Waals surface area contributed by atoms with Crippen LogP contribution in [0.5, 0.6) is 0 Å². The number of hydrogen-bond acceptors (Lipinski definition) is 3. The number of carbonyl (C=O) groups is 1. The van der Waals surface area contributed by atoms with Gasteiger partial charge in [0.2, 0.25) is 5.91 Å². The average molecular weight is 463 g/mol. The van der Waals surface area contributed by atoms with E-state index in [1.807, 2.05) is 6.07 Å². The molecule has 0 spiro atoms. The van der Waals surface area contributed by atoms with Crippen molar-refractivity contribution in [2.75, 3.05) is 26.2 Å². The van der Waals surface area contributed by atoms with Crippen molar-refractivity contribution in [1.29, 1.82) is 0 Å². The first-order valence-corrected chi connectivity index (χ1v) is 10.4. The summed E-state index contributed by atoms with van der Waals surface area (Å²) in [5.74, 6) is -0.551. The molecule has 0 radical (unpaired) electrons. The summed E-state index contributed by atoms with van der Waals surface area (Å²) in [6.45, 7) is 6.55. The minimum absolute atomic E-state index is 0.0809. The van der Waals surface area contributed by atoms with Crippen LogP contribution >= 0.6 is 23.2 Å². The van der Waals surface area contributed by atoms with Crippen molar-refractivity contribution < 1.29 is 18.0 Å². The molecule has 164 valence electrons. The van der Waals surface area contributed by atoms with Crippen molar-refractivity contribution in [3.63, 3.8) is 0 Å². The second-order valence-electron chi connectivity index (χ2n) is 7.59. The highest BCUT2D eigenvalue weighted by Gasteiger charge is 2.35. The molecule has 1 saturated heterocycles. The number of aryl methyl sites for hydroxylation is 1. The van der Waals surface area contributed by atoms with Gasteiger partial charge >= 0.3 is 6.18 Å². The minimum atomic E-state index is -4.49. The highest BCUT2D eigenvalue weighted by Crippen LogP contribution is 2.29. The number of amides is 1. The van der Waals surface area contributed by atoms with E-state index < -0.39 is 17.8 Å². The van der Waals surface area contributed by atoms with E-state index >= 15 is 0 Å². The van der Waals surface area contributed by atoms with Gasteiger partial charge < -0.3 is 4.90 Å². The Morgan fingerprint density at radius 3 is 2.40 bits per heavy atom. The van der Waals surface area contributed by atoms with Crippen LogP contribution in [0, 0.1) is 12.8 Å². The van der Waals surface area contributed by atoms with E-state index in [9.17, 15) is 18.0 Å². The second kappa shape index (κ2) is 9.16. The molecule has 5 nitrogen and oxygen atoms in total. The van der Waals surface area contributed by atoms with Gasteiger partial charge in [0, 0.05) is 48.5 Å². The van der Waals surface area contributed by atoms with Crippen LogP contribution in [-0.4, -0.2) is 51.7 Å². The van der Waals surface area contributed by atoms with Crippen LogP contribution in [0.3, 0.4) is 0 Å². The van der Waals surface area contributed by atoms with Gasteiger partial charge in [-0.25, -0.2) is 0 Å². The van der Waals surface area contributed by atoms with E-state index in [0.29, 0.717) is 48.5 Å². The number of aromatic nitrogens is 2. The van der Waals surface area contributed by atoms with Crippen molar-refractivity contribution in [3.8, 4) is 0 Å². The van der Waals surface area contributed by atoms with Gasteiger partial charge in [0.05, 0.1) is 12.5 Å². The monoisotopic (exact) mass is 462 g/mol. The van der Waals surface area contributed by atoms with Crippen molar-refractivity contribution in [3.05, 3.63) is 51.3 Å². The topological polar surface area (TPSA) is 41.4 Å². The molecule has 1 fully saturated rings. The molecule has 10 heteroatoms. The van der Waals surface area contributed by atoms with Gasteiger partial charge in [-0.3, -0.25) is 14.4 Å². The Balaban J connectivity index is 1.54. The van der Waals surface area contributed by atoms with Gasteiger partial charge in [-0.1, -0.05) is 36.2 Å². The molecule has 0 saturated carbocycles. The number of hydrogen-bond donors (Lipinski definition) is 0. The molecule has 2 heterocycles. The molecule has 3 rings (SSSR count). The average Bonchev–Trinajstić information content (AvgIpc) is 3.05. The minimum Gasteiger partial charge on any atom is -0.340 e. The fourth-order valence-corrected chi connectivity index (χ4v) is 3.97. The molecule has 1 unspecified atom stereocenters. The molecular formula is C20H23Cl2F3N4O. The number of halogens is 5. The smallest absolute Gasteiger partial charge is 0.340 e. The largest absolute Gasteiger partial charge is 0.435 e. The van der Waals surface area contributed by atoms with Crippen molar-refractivity contribution in [2.24, 2.45) is 5.92 Å². The Bertz CT molecular complexity index is 908. The molecule has 1 aromatic carbocycles. The number of nitrogens with zero attached hydrogens (tertiary/aromatic N) is 4. The molecule has 1 aromatic heterocycles. The maximum absolute atomic E-state index is 12.8. The molecule has 30 heavy (non-hydrogen) atoms. The quantitative estimate of drug-likeness (QED) is 0.656. The van der Waals surface area contributed by atoms with Crippen LogP contribution in [-0.2, 0) is 24.1 Å². The first-order valence-electron chi connectivity index (χ1n) is 9.61. The molecule has 1 amide bonds. The Hall–Kier alpha value is -1.77. The molecule has 1 atom stereocenters. The Labute approximate surface area is 183 Å². The summed E-state index contributed by atoms with van der Waals surface area (Å²) in [6, 6.07) is 6.40. The molecule has 0 aliphatic carbocycles. The summed E-state index contributed by atoms with van der Waals surface area (Å²) in [4.78, 5) is 16.7. The molecule has 0 N–H and O–H groups in total. The number of piperazine rings is 1. The molecule has 2 aromatic rings. The lowest BCUT2D eigenvalue weighted by molar-refractivity contribution is -0.141. The highest BCUT2D eigenvalue weighted by atomic mass is 35.5. The predicted molar refractivity (Wildman–Crippen MR) is 109 cm³/mol. The van der Waals surface area contributed by atoms with Crippen LogP contribution in [0.1, 0.15) is 23.9 Å². The zero-order chi connectivity index (χ0) is 22.1. The van der Waals surface area contributed by atoms with E-state index in [4.69, 9.17) is 23.2 Å². The summed E-state index contributed by atoms with van der Waals surface area (Å²) >= 11 is 12.2. The van der Waals surface area contributed by atoms with Gasteiger partial charge in [-0.2, -0.15) is 18.3 Å². The number of benzene rings is 1. The third-order valence-electron chi connectivity index (χ3n) is 5.23.